The first-order valence-corrected chi connectivity index (χ1v) is 10.2. The molecule has 0 bridgehead atoms. The van der Waals surface area contributed by atoms with Crippen LogP contribution in [0.15, 0.2) is 66.1 Å². The van der Waals surface area contributed by atoms with Crippen LogP contribution in [-0.2, 0) is 4.79 Å². The Balaban J connectivity index is 1.68. The standard InChI is InChI=1S/C21H22N4O2S/c1-27-18-12-6-5-11-17(18)25-15-22-23-21(25)28-19(16-9-3-2-4-10-16)20(26)24-13-7-8-14-24/h2-6,9-12,15,19H,7-8,13-14H2,1H3/t19-/m0/s1. The zero-order valence-electron chi connectivity index (χ0n) is 15.7. The van der Waals surface area contributed by atoms with Crippen LogP contribution in [0.5, 0.6) is 5.75 Å². The van der Waals surface area contributed by atoms with Crippen LogP contribution in [0, 0.1) is 0 Å². The molecule has 0 N–H and O–H groups in total. The van der Waals surface area contributed by atoms with Gasteiger partial charge in [0.25, 0.3) is 0 Å². The lowest BCUT2D eigenvalue weighted by atomic mass is 10.1. The molecule has 1 aliphatic rings. The smallest absolute Gasteiger partial charge is 0.240 e. The van der Waals surface area contributed by atoms with E-state index in [2.05, 4.69) is 10.2 Å². The third-order valence-corrected chi connectivity index (χ3v) is 6.03. The highest BCUT2D eigenvalue weighted by Gasteiger charge is 2.30. The van der Waals surface area contributed by atoms with Gasteiger partial charge < -0.3 is 9.64 Å². The maximum Gasteiger partial charge on any atom is 0.240 e. The van der Waals surface area contributed by atoms with Crippen molar-refractivity contribution in [1.29, 1.82) is 0 Å². The van der Waals surface area contributed by atoms with Gasteiger partial charge in [-0.2, -0.15) is 0 Å². The quantitative estimate of drug-likeness (QED) is 0.596. The molecule has 1 amide bonds. The summed E-state index contributed by atoms with van der Waals surface area (Å²) >= 11 is 1.43. The minimum Gasteiger partial charge on any atom is -0.495 e. The van der Waals surface area contributed by atoms with E-state index < -0.39 is 0 Å². The lowest BCUT2D eigenvalue weighted by molar-refractivity contribution is -0.129. The molecule has 0 radical (unpaired) electrons. The SMILES string of the molecule is COc1ccccc1-n1cnnc1S[C@H](C(=O)N1CCCC1)c1ccccc1. The molecule has 0 unspecified atom stereocenters. The van der Waals surface area contributed by atoms with E-state index in [9.17, 15) is 4.79 Å². The van der Waals surface area contributed by atoms with Crippen molar-refractivity contribution in [2.24, 2.45) is 0 Å². The van der Waals surface area contributed by atoms with Gasteiger partial charge in [0.15, 0.2) is 5.16 Å². The monoisotopic (exact) mass is 394 g/mol. The van der Waals surface area contributed by atoms with Crippen LogP contribution >= 0.6 is 11.8 Å². The number of amides is 1. The molecule has 1 aliphatic heterocycles. The van der Waals surface area contributed by atoms with E-state index in [4.69, 9.17) is 4.74 Å². The summed E-state index contributed by atoms with van der Waals surface area (Å²) in [6.45, 7) is 1.64. The summed E-state index contributed by atoms with van der Waals surface area (Å²) in [4.78, 5) is 15.2. The normalized spacial score (nSPS) is 14.8. The van der Waals surface area contributed by atoms with Crippen molar-refractivity contribution >= 4 is 17.7 Å². The number of carbonyl (C=O) groups is 1. The molecule has 1 aromatic heterocycles. The molecular formula is C21H22N4O2S. The first kappa shape index (κ1) is 18.6. The van der Waals surface area contributed by atoms with Crippen molar-refractivity contribution in [2.75, 3.05) is 20.2 Å². The molecule has 144 valence electrons. The number of benzene rings is 2. The van der Waals surface area contributed by atoms with E-state index in [0.29, 0.717) is 5.16 Å². The predicted octanol–water partition coefficient (Wildman–Crippen LogP) is 3.73. The molecule has 1 saturated heterocycles. The highest BCUT2D eigenvalue weighted by Crippen LogP contribution is 2.38. The molecule has 1 fully saturated rings. The van der Waals surface area contributed by atoms with Crippen LogP contribution in [0.2, 0.25) is 0 Å². The summed E-state index contributed by atoms with van der Waals surface area (Å²) in [7, 11) is 1.64. The number of likely N-dealkylation sites (tertiary alicyclic amines) is 1. The predicted molar refractivity (Wildman–Crippen MR) is 109 cm³/mol. The zero-order valence-corrected chi connectivity index (χ0v) is 16.5. The third-order valence-electron chi connectivity index (χ3n) is 4.83. The third kappa shape index (κ3) is 3.75. The van der Waals surface area contributed by atoms with Gasteiger partial charge in [-0.25, -0.2) is 0 Å². The van der Waals surface area contributed by atoms with Crippen LogP contribution in [0.3, 0.4) is 0 Å². The first-order valence-electron chi connectivity index (χ1n) is 9.31. The first-order chi connectivity index (χ1) is 13.8. The Morgan fingerprint density at radius 2 is 1.79 bits per heavy atom. The van der Waals surface area contributed by atoms with Gasteiger partial charge in [-0.1, -0.05) is 54.2 Å². The van der Waals surface area contributed by atoms with Crippen molar-refractivity contribution in [2.45, 2.75) is 23.2 Å². The van der Waals surface area contributed by atoms with Crippen LogP contribution < -0.4 is 4.74 Å². The average molecular weight is 395 g/mol. The summed E-state index contributed by atoms with van der Waals surface area (Å²) in [5.41, 5.74) is 1.82. The second-order valence-electron chi connectivity index (χ2n) is 6.60. The second-order valence-corrected chi connectivity index (χ2v) is 7.67. The molecule has 28 heavy (non-hydrogen) atoms. The van der Waals surface area contributed by atoms with Crippen LogP contribution in [0.4, 0.5) is 0 Å². The van der Waals surface area contributed by atoms with Gasteiger partial charge >= 0.3 is 0 Å². The van der Waals surface area contributed by atoms with Crippen LogP contribution in [0.25, 0.3) is 5.69 Å². The zero-order chi connectivity index (χ0) is 19.3. The molecule has 2 aromatic carbocycles. The minimum atomic E-state index is -0.364. The van der Waals surface area contributed by atoms with Gasteiger partial charge in [0.2, 0.25) is 5.91 Å². The number of thioether (sulfide) groups is 1. The Morgan fingerprint density at radius 1 is 1.07 bits per heavy atom. The molecule has 3 aromatic rings. The summed E-state index contributed by atoms with van der Waals surface area (Å²) in [6.07, 6.45) is 3.78. The molecule has 0 aliphatic carbocycles. The molecule has 0 saturated carbocycles. The Labute approximate surface area is 168 Å². The molecule has 4 rings (SSSR count). The van der Waals surface area contributed by atoms with E-state index in [1.807, 2.05) is 64.1 Å². The molecular weight excluding hydrogens is 372 g/mol. The minimum absolute atomic E-state index is 0.128. The van der Waals surface area contributed by atoms with E-state index in [-0.39, 0.29) is 11.2 Å². The van der Waals surface area contributed by atoms with Crippen LogP contribution in [-0.4, -0.2) is 45.8 Å². The Bertz CT molecular complexity index is 938. The second kappa shape index (κ2) is 8.48. The number of para-hydroxylation sites is 2. The largest absolute Gasteiger partial charge is 0.495 e. The van der Waals surface area contributed by atoms with Crippen LogP contribution in [0.1, 0.15) is 23.7 Å². The fourth-order valence-corrected chi connectivity index (χ4v) is 4.50. The van der Waals surface area contributed by atoms with Gasteiger partial charge in [-0.15, -0.1) is 10.2 Å². The summed E-state index contributed by atoms with van der Waals surface area (Å²) in [5, 5.41) is 8.68. The Morgan fingerprint density at radius 3 is 2.54 bits per heavy atom. The van der Waals surface area contributed by atoms with Crippen molar-refractivity contribution in [3.05, 3.63) is 66.5 Å². The lowest BCUT2D eigenvalue weighted by Crippen LogP contribution is -2.31. The van der Waals surface area contributed by atoms with E-state index >= 15 is 0 Å². The lowest BCUT2D eigenvalue weighted by Gasteiger charge is -2.23. The van der Waals surface area contributed by atoms with E-state index in [1.165, 1.54) is 11.8 Å². The molecule has 1 atom stereocenters. The van der Waals surface area contributed by atoms with Crippen molar-refractivity contribution in [1.82, 2.24) is 19.7 Å². The van der Waals surface area contributed by atoms with Gasteiger partial charge in [0, 0.05) is 13.1 Å². The molecule has 7 heteroatoms. The van der Waals surface area contributed by atoms with Gasteiger partial charge in [0.1, 0.15) is 17.3 Å². The Kier molecular flexibility index (Phi) is 5.62. The summed E-state index contributed by atoms with van der Waals surface area (Å²) in [6, 6.07) is 17.6. The fourth-order valence-electron chi connectivity index (χ4n) is 3.40. The topological polar surface area (TPSA) is 60.2 Å². The number of rotatable bonds is 6. The maximum absolute atomic E-state index is 13.3. The maximum atomic E-state index is 13.3. The summed E-state index contributed by atoms with van der Waals surface area (Å²) < 4.78 is 7.35. The Hall–Kier alpha value is -2.80. The van der Waals surface area contributed by atoms with Crippen molar-refractivity contribution < 1.29 is 9.53 Å². The van der Waals surface area contributed by atoms with E-state index in [1.54, 1.807) is 13.4 Å². The highest BCUT2D eigenvalue weighted by atomic mass is 32.2. The molecule has 0 spiro atoms. The number of methoxy groups -OCH3 is 1. The van der Waals surface area contributed by atoms with E-state index in [0.717, 1.165) is 42.9 Å². The van der Waals surface area contributed by atoms with Gasteiger partial charge in [-0.3, -0.25) is 9.36 Å². The number of hydrogen-bond acceptors (Lipinski definition) is 5. The number of ether oxygens (including phenoxy) is 1. The van der Waals surface area contributed by atoms with Gasteiger partial charge in [0.05, 0.1) is 12.8 Å². The number of nitrogens with zero attached hydrogens (tertiary/aromatic N) is 4. The average Bonchev–Trinajstić information content (AvgIpc) is 3.44. The van der Waals surface area contributed by atoms with Gasteiger partial charge in [-0.05, 0) is 30.5 Å². The molecule has 2 heterocycles. The number of hydrogen-bond donors (Lipinski definition) is 0. The number of carbonyl (C=O) groups excluding carboxylic acids is 1. The van der Waals surface area contributed by atoms with Crippen molar-refractivity contribution in [3.63, 3.8) is 0 Å². The highest BCUT2D eigenvalue weighted by molar-refractivity contribution is 8.00. The fraction of sp³-hybridized carbons (Fsp3) is 0.286. The number of aromatic nitrogens is 3. The van der Waals surface area contributed by atoms with Crippen molar-refractivity contribution in [3.8, 4) is 11.4 Å². The summed E-state index contributed by atoms with van der Waals surface area (Å²) in [5.74, 6) is 0.856. The molecule has 6 nitrogen and oxygen atoms in total.